The van der Waals surface area contributed by atoms with E-state index < -0.39 is 0 Å². The first-order valence-electron chi connectivity index (χ1n) is 6.13. The van der Waals surface area contributed by atoms with Gasteiger partial charge in [-0.25, -0.2) is 0 Å². The molecule has 2 rings (SSSR count). The molecule has 0 N–H and O–H groups in total. The van der Waals surface area contributed by atoms with Gasteiger partial charge in [0.25, 0.3) is 5.91 Å². The summed E-state index contributed by atoms with van der Waals surface area (Å²) in [4.78, 5) is 14.3. The zero-order valence-corrected chi connectivity index (χ0v) is 12.0. The molecule has 3 heteroatoms. The van der Waals surface area contributed by atoms with E-state index in [0.717, 1.165) is 28.4 Å². The third-order valence-corrected chi connectivity index (χ3v) is 4.55. The number of halogens is 1. The standard InChI is InChI=1S/C14H18BrNO/c1-10-12(8-5-9-13(10)15)14(17)16(2)11-6-3-4-7-11/h5,8-9,11H,3-4,6-7H2,1-2H3. The summed E-state index contributed by atoms with van der Waals surface area (Å²) in [7, 11) is 1.93. The maximum atomic E-state index is 12.4. The third-order valence-electron chi connectivity index (χ3n) is 3.69. The average Bonchev–Trinajstić information content (AvgIpc) is 2.84. The Morgan fingerprint density at radius 3 is 2.65 bits per heavy atom. The Kier molecular flexibility index (Phi) is 3.87. The summed E-state index contributed by atoms with van der Waals surface area (Å²) < 4.78 is 1.00. The molecule has 1 aromatic carbocycles. The van der Waals surface area contributed by atoms with Gasteiger partial charge in [0.15, 0.2) is 0 Å². The van der Waals surface area contributed by atoms with E-state index in [9.17, 15) is 4.79 Å². The van der Waals surface area contributed by atoms with E-state index in [4.69, 9.17) is 0 Å². The fourth-order valence-corrected chi connectivity index (χ4v) is 2.85. The number of nitrogens with zero attached hydrogens (tertiary/aromatic N) is 1. The molecule has 0 bridgehead atoms. The van der Waals surface area contributed by atoms with Crippen molar-refractivity contribution in [3.05, 3.63) is 33.8 Å². The lowest BCUT2D eigenvalue weighted by Crippen LogP contribution is -2.35. The predicted octanol–water partition coefficient (Wildman–Crippen LogP) is 3.77. The van der Waals surface area contributed by atoms with Crippen LogP contribution in [0, 0.1) is 6.92 Å². The number of benzene rings is 1. The molecule has 1 aromatic rings. The van der Waals surface area contributed by atoms with E-state index in [1.54, 1.807) is 0 Å². The van der Waals surface area contributed by atoms with Crippen LogP contribution in [0.2, 0.25) is 0 Å². The van der Waals surface area contributed by atoms with Crippen LogP contribution in [0.15, 0.2) is 22.7 Å². The second kappa shape index (κ2) is 5.21. The number of hydrogen-bond acceptors (Lipinski definition) is 1. The van der Waals surface area contributed by atoms with Crippen LogP contribution in [-0.4, -0.2) is 23.9 Å². The van der Waals surface area contributed by atoms with Crippen molar-refractivity contribution in [3.63, 3.8) is 0 Å². The summed E-state index contributed by atoms with van der Waals surface area (Å²) in [6.45, 7) is 1.99. The summed E-state index contributed by atoms with van der Waals surface area (Å²) in [6.07, 6.45) is 4.80. The van der Waals surface area contributed by atoms with Crippen LogP contribution >= 0.6 is 15.9 Å². The van der Waals surface area contributed by atoms with Crippen molar-refractivity contribution in [2.45, 2.75) is 38.6 Å². The van der Waals surface area contributed by atoms with E-state index in [1.165, 1.54) is 12.8 Å². The molecule has 0 aromatic heterocycles. The van der Waals surface area contributed by atoms with Crippen molar-refractivity contribution in [2.24, 2.45) is 0 Å². The van der Waals surface area contributed by atoms with Gasteiger partial charge in [0, 0.05) is 23.1 Å². The van der Waals surface area contributed by atoms with Crippen LogP contribution in [0.3, 0.4) is 0 Å². The van der Waals surface area contributed by atoms with Gasteiger partial charge >= 0.3 is 0 Å². The van der Waals surface area contributed by atoms with Gasteiger partial charge in [0.1, 0.15) is 0 Å². The fourth-order valence-electron chi connectivity index (χ4n) is 2.49. The Labute approximate surface area is 111 Å². The lowest BCUT2D eigenvalue weighted by molar-refractivity contribution is 0.0734. The molecule has 17 heavy (non-hydrogen) atoms. The van der Waals surface area contributed by atoms with Gasteiger partial charge in [-0.05, 0) is 37.5 Å². The molecule has 1 aliphatic rings. The first-order valence-corrected chi connectivity index (χ1v) is 6.93. The normalized spacial score (nSPS) is 16.2. The number of amides is 1. The highest BCUT2D eigenvalue weighted by atomic mass is 79.9. The molecule has 1 fully saturated rings. The molecule has 2 nitrogen and oxygen atoms in total. The van der Waals surface area contributed by atoms with Crippen molar-refractivity contribution in [3.8, 4) is 0 Å². The van der Waals surface area contributed by atoms with Crippen molar-refractivity contribution < 1.29 is 4.79 Å². The molecule has 1 amide bonds. The van der Waals surface area contributed by atoms with Crippen LogP contribution in [0.5, 0.6) is 0 Å². The van der Waals surface area contributed by atoms with Crippen molar-refractivity contribution in [2.75, 3.05) is 7.05 Å². The lowest BCUT2D eigenvalue weighted by atomic mass is 10.1. The minimum atomic E-state index is 0.149. The summed E-state index contributed by atoms with van der Waals surface area (Å²) in [5, 5.41) is 0. The van der Waals surface area contributed by atoms with Crippen LogP contribution in [0.25, 0.3) is 0 Å². The smallest absolute Gasteiger partial charge is 0.254 e. The molecule has 0 atom stereocenters. The molecular weight excluding hydrogens is 278 g/mol. The van der Waals surface area contributed by atoms with Gasteiger partial charge in [-0.15, -0.1) is 0 Å². The zero-order valence-electron chi connectivity index (χ0n) is 10.4. The molecule has 0 heterocycles. The quantitative estimate of drug-likeness (QED) is 0.813. The summed E-state index contributed by atoms with van der Waals surface area (Å²) in [5.74, 6) is 0.149. The van der Waals surface area contributed by atoms with Crippen molar-refractivity contribution in [1.29, 1.82) is 0 Å². The van der Waals surface area contributed by atoms with Gasteiger partial charge in [0.05, 0.1) is 0 Å². The topological polar surface area (TPSA) is 20.3 Å². The molecular formula is C14H18BrNO. The fraction of sp³-hybridized carbons (Fsp3) is 0.500. The van der Waals surface area contributed by atoms with E-state index in [1.807, 2.05) is 37.1 Å². The Bertz CT molecular complexity index is 424. The second-order valence-electron chi connectivity index (χ2n) is 4.77. The Hall–Kier alpha value is -0.830. The Balaban J connectivity index is 2.21. The molecule has 92 valence electrons. The van der Waals surface area contributed by atoms with Gasteiger partial charge < -0.3 is 4.90 Å². The van der Waals surface area contributed by atoms with Crippen LogP contribution in [0.1, 0.15) is 41.6 Å². The molecule has 1 aliphatic carbocycles. The largest absolute Gasteiger partial charge is 0.339 e. The van der Waals surface area contributed by atoms with Gasteiger partial charge in [-0.1, -0.05) is 34.8 Å². The highest BCUT2D eigenvalue weighted by Gasteiger charge is 2.25. The zero-order chi connectivity index (χ0) is 12.4. The van der Waals surface area contributed by atoms with Crippen LogP contribution < -0.4 is 0 Å². The monoisotopic (exact) mass is 295 g/mol. The van der Waals surface area contributed by atoms with E-state index >= 15 is 0 Å². The molecule has 0 unspecified atom stereocenters. The highest BCUT2D eigenvalue weighted by molar-refractivity contribution is 9.10. The number of carbonyl (C=O) groups is 1. The molecule has 0 radical (unpaired) electrons. The number of hydrogen-bond donors (Lipinski definition) is 0. The average molecular weight is 296 g/mol. The summed E-state index contributed by atoms with van der Waals surface area (Å²) in [5.41, 5.74) is 1.84. The summed E-state index contributed by atoms with van der Waals surface area (Å²) >= 11 is 3.48. The van der Waals surface area contributed by atoms with Gasteiger partial charge in [0.2, 0.25) is 0 Å². The number of carbonyl (C=O) groups excluding carboxylic acids is 1. The molecule has 1 saturated carbocycles. The van der Waals surface area contributed by atoms with Gasteiger partial charge in [-0.2, -0.15) is 0 Å². The molecule has 0 saturated heterocycles. The Morgan fingerprint density at radius 1 is 1.35 bits per heavy atom. The third kappa shape index (κ3) is 2.54. The van der Waals surface area contributed by atoms with E-state index in [-0.39, 0.29) is 5.91 Å². The van der Waals surface area contributed by atoms with Crippen molar-refractivity contribution >= 4 is 21.8 Å². The maximum absolute atomic E-state index is 12.4. The second-order valence-corrected chi connectivity index (χ2v) is 5.62. The van der Waals surface area contributed by atoms with Crippen LogP contribution in [-0.2, 0) is 0 Å². The minimum Gasteiger partial charge on any atom is -0.339 e. The lowest BCUT2D eigenvalue weighted by Gasteiger charge is -2.25. The van der Waals surface area contributed by atoms with E-state index in [0.29, 0.717) is 6.04 Å². The maximum Gasteiger partial charge on any atom is 0.254 e. The first kappa shape index (κ1) is 12.6. The molecule has 0 aliphatic heterocycles. The number of rotatable bonds is 2. The summed E-state index contributed by atoms with van der Waals surface area (Å²) in [6, 6.07) is 6.24. The highest BCUT2D eigenvalue weighted by Crippen LogP contribution is 2.26. The predicted molar refractivity (Wildman–Crippen MR) is 73.2 cm³/mol. The SMILES string of the molecule is Cc1c(Br)cccc1C(=O)N(C)C1CCCC1. The Morgan fingerprint density at radius 2 is 2.00 bits per heavy atom. The van der Waals surface area contributed by atoms with Gasteiger partial charge in [-0.3, -0.25) is 4.79 Å². The first-order chi connectivity index (χ1) is 8.11. The van der Waals surface area contributed by atoms with E-state index in [2.05, 4.69) is 15.9 Å². The van der Waals surface area contributed by atoms with Crippen LogP contribution in [0.4, 0.5) is 0 Å². The molecule has 0 spiro atoms. The van der Waals surface area contributed by atoms with Crippen molar-refractivity contribution in [1.82, 2.24) is 4.90 Å². The minimum absolute atomic E-state index is 0.149.